The third-order valence-electron chi connectivity index (χ3n) is 1.74. The predicted octanol–water partition coefficient (Wildman–Crippen LogP) is 0.132. The Kier molecular flexibility index (Phi) is 4.68. The van der Waals surface area contributed by atoms with Crippen molar-refractivity contribution in [2.24, 2.45) is 5.73 Å². The molecular weight excluding hydrogens is 236 g/mol. The minimum atomic E-state index is -3.40. The number of nitrogens with two attached hydrogens (primary N) is 1. The van der Waals surface area contributed by atoms with Crippen LogP contribution in [0.1, 0.15) is 4.88 Å². The predicted molar refractivity (Wildman–Crippen MR) is 59.3 cm³/mol. The number of hydrogen-bond donors (Lipinski definition) is 2. The zero-order valence-electron chi connectivity index (χ0n) is 8.39. The normalized spacial score (nSPS) is 11.9. The molecule has 5 nitrogen and oxygen atoms in total. The van der Waals surface area contributed by atoms with Crippen LogP contribution in [0.4, 0.5) is 0 Å². The van der Waals surface area contributed by atoms with Crippen molar-refractivity contribution in [1.29, 1.82) is 0 Å². The standard InChI is InChI=1S/C8H14N2O3S2/c1-13-3-2-10-15(11,12)8-4-7(5-9)14-6-8/h4,6,10H,2-3,5,9H2,1H3. The van der Waals surface area contributed by atoms with E-state index in [2.05, 4.69) is 4.72 Å². The number of methoxy groups -OCH3 is 1. The number of hydrogen-bond acceptors (Lipinski definition) is 5. The van der Waals surface area contributed by atoms with Gasteiger partial charge in [0, 0.05) is 30.5 Å². The molecule has 1 aromatic rings. The number of sulfonamides is 1. The van der Waals surface area contributed by atoms with Crippen LogP contribution >= 0.6 is 11.3 Å². The average Bonchev–Trinajstić information content (AvgIpc) is 2.66. The van der Waals surface area contributed by atoms with E-state index in [9.17, 15) is 8.42 Å². The molecular formula is C8H14N2O3S2. The largest absolute Gasteiger partial charge is 0.383 e. The quantitative estimate of drug-likeness (QED) is 0.703. The minimum absolute atomic E-state index is 0.268. The Bertz CT molecular complexity index is 400. The van der Waals surface area contributed by atoms with E-state index in [4.69, 9.17) is 10.5 Å². The zero-order chi connectivity index (χ0) is 11.3. The fraction of sp³-hybridized carbons (Fsp3) is 0.500. The first-order chi connectivity index (χ1) is 7.10. The molecule has 0 aliphatic heterocycles. The number of thiophene rings is 1. The maximum atomic E-state index is 11.6. The van der Waals surface area contributed by atoms with Crippen LogP contribution in [0.25, 0.3) is 0 Å². The molecule has 0 spiro atoms. The Morgan fingerprint density at radius 3 is 2.87 bits per heavy atom. The van der Waals surface area contributed by atoms with Gasteiger partial charge in [0.05, 0.1) is 11.5 Å². The molecule has 0 fully saturated rings. The van der Waals surface area contributed by atoms with Crippen molar-refractivity contribution in [1.82, 2.24) is 4.72 Å². The van der Waals surface area contributed by atoms with E-state index in [0.717, 1.165) is 4.88 Å². The molecule has 86 valence electrons. The van der Waals surface area contributed by atoms with Gasteiger partial charge in [-0.05, 0) is 6.07 Å². The van der Waals surface area contributed by atoms with Gasteiger partial charge < -0.3 is 10.5 Å². The van der Waals surface area contributed by atoms with Crippen molar-refractivity contribution in [3.63, 3.8) is 0 Å². The van der Waals surface area contributed by atoms with Crippen LogP contribution in [0.5, 0.6) is 0 Å². The van der Waals surface area contributed by atoms with Crippen molar-refractivity contribution in [3.8, 4) is 0 Å². The lowest BCUT2D eigenvalue weighted by Gasteiger charge is -2.03. The molecule has 1 rings (SSSR count). The van der Waals surface area contributed by atoms with Crippen molar-refractivity contribution in [2.75, 3.05) is 20.3 Å². The third-order valence-corrected chi connectivity index (χ3v) is 4.29. The van der Waals surface area contributed by atoms with Crippen molar-refractivity contribution in [2.45, 2.75) is 11.4 Å². The molecule has 1 heterocycles. The Balaban J connectivity index is 2.68. The van der Waals surface area contributed by atoms with Crippen LogP contribution in [0.2, 0.25) is 0 Å². The van der Waals surface area contributed by atoms with E-state index in [1.54, 1.807) is 11.4 Å². The van der Waals surface area contributed by atoms with Gasteiger partial charge in [-0.1, -0.05) is 0 Å². The molecule has 7 heteroatoms. The Morgan fingerprint density at radius 2 is 2.33 bits per heavy atom. The van der Waals surface area contributed by atoms with Gasteiger partial charge in [0.25, 0.3) is 0 Å². The van der Waals surface area contributed by atoms with Crippen LogP contribution in [-0.4, -0.2) is 28.7 Å². The first-order valence-electron chi connectivity index (χ1n) is 4.36. The summed E-state index contributed by atoms with van der Waals surface area (Å²) >= 11 is 1.34. The topological polar surface area (TPSA) is 81.4 Å². The van der Waals surface area contributed by atoms with Crippen molar-refractivity contribution in [3.05, 3.63) is 16.3 Å². The molecule has 0 saturated carbocycles. The highest BCUT2D eigenvalue weighted by molar-refractivity contribution is 7.89. The highest BCUT2D eigenvalue weighted by atomic mass is 32.2. The van der Waals surface area contributed by atoms with Gasteiger partial charge in [0.1, 0.15) is 0 Å². The second-order valence-electron chi connectivity index (χ2n) is 2.84. The summed E-state index contributed by atoms with van der Waals surface area (Å²) in [6, 6.07) is 1.58. The second kappa shape index (κ2) is 5.57. The Hall–Kier alpha value is -0.470. The van der Waals surface area contributed by atoms with Gasteiger partial charge >= 0.3 is 0 Å². The molecule has 0 saturated heterocycles. The smallest absolute Gasteiger partial charge is 0.241 e. The average molecular weight is 250 g/mol. The number of rotatable bonds is 6. The first kappa shape index (κ1) is 12.6. The first-order valence-corrected chi connectivity index (χ1v) is 6.72. The van der Waals surface area contributed by atoms with Crippen LogP contribution in [-0.2, 0) is 21.3 Å². The molecule has 3 N–H and O–H groups in total. The highest BCUT2D eigenvalue weighted by Gasteiger charge is 2.14. The Labute approximate surface area is 93.3 Å². The van der Waals surface area contributed by atoms with Crippen LogP contribution in [0.15, 0.2) is 16.3 Å². The molecule has 1 aromatic heterocycles. The van der Waals surface area contributed by atoms with Gasteiger partial charge in [-0.15, -0.1) is 11.3 Å². The van der Waals surface area contributed by atoms with E-state index in [1.165, 1.54) is 18.4 Å². The molecule has 0 radical (unpaired) electrons. The Morgan fingerprint density at radius 1 is 1.60 bits per heavy atom. The van der Waals surface area contributed by atoms with E-state index < -0.39 is 10.0 Å². The summed E-state index contributed by atoms with van der Waals surface area (Å²) < 4.78 is 30.5. The highest BCUT2D eigenvalue weighted by Crippen LogP contribution is 2.18. The van der Waals surface area contributed by atoms with E-state index in [0.29, 0.717) is 13.2 Å². The van der Waals surface area contributed by atoms with Gasteiger partial charge in [-0.3, -0.25) is 0 Å². The zero-order valence-corrected chi connectivity index (χ0v) is 10.0. The summed E-state index contributed by atoms with van der Waals surface area (Å²) in [5.74, 6) is 0. The summed E-state index contributed by atoms with van der Waals surface area (Å²) in [5, 5.41) is 1.58. The molecule has 0 aliphatic carbocycles. The number of ether oxygens (including phenoxy) is 1. The van der Waals surface area contributed by atoms with Crippen LogP contribution in [0, 0.1) is 0 Å². The lowest BCUT2D eigenvalue weighted by atomic mass is 10.5. The van der Waals surface area contributed by atoms with Gasteiger partial charge in [-0.2, -0.15) is 0 Å². The fourth-order valence-corrected chi connectivity index (χ4v) is 3.14. The summed E-state index contributed by atoms with van der Waals surface area (Å²) in [4.78, 5) is 1.12. The molecule has 0 atom stereocenters. The van der Waals surface area contributed by atoms with Gasteiger partial charge in [0.2, 0.25) is 10.0 Å². The molecule has 0 amide bonds. The third kappa shape index (κ3) is 3.54. The van der Waals surface area contributed by atoms with E-state index in [1.807, 2.05) is 0 Å². The maximum Gasteiger partial charge on any atom is 0.241 e. The molecule has 0 aliphatic rings. The molecule has 0 aromatic carbocycles. The SMILES string of the molecule is COCCNS(=O)(=O)c1csc(CN)c1. The van der Waals surface area contributed by atoms with E-state index in [-0.39, 0.29) is 11.4 Å². The number of nitrogens with one attached hydrogen (secondary N) is 1. The molecule has 15 heavy (non-hydrogen) atoms. The maximum absolute atomic E-state index is 11.6. The van der Waals surface area contributed by atoms with Crippen molar-refractivity contribution < 1.29 is 13.2 Å². The second-order valence-corrected chi connectivity index (χ2v) is 5.61. The van der Waals surface area contributed by atoms with Crippen molar-refractivity contribution >= 4 is 21.4 Å². The van der Waals surface area contributed by atoms with Gasteiger partial charge in [0.15, 0.2) is 0 Å². The monoisotopic (exact) mass is 250 g/mol. The minimum Gasteiger partial charge on any atom is -0.383 e. The van der Waals surface area contributed by atoms with Crippen LogP contribution in [0.3, 0.4) is 0 Å². The van der Waals surface area contributed by atoms with Gasteiger partial charge in [-0.25, -0.2) is 13.1 Å². The molecule has 0 bridgehead atoms. The van der Waals surface area contributed by atoms with Crippen LogP contribution < -0.4 is 10.5 Å². The lowest BCUT2D eigenvalue weighted by Crippen LogP contribution is -2.26. The fourth-order valence-electron chi connectivity index (χ4n) is 0.970. The lowest BCUT2D eigenvalue weighted by molar-refractivity contribution is 0.204. The summed E-state index contributed by atoms with van der Waals surface area (Å²) in [5.41, 5.74) is 5.40. The van der Waals surface area contributed by atoms with E-state index >= 15 is 0 Å². The molecule has 0 unspecified atom stereocenters. The summed E-state index contributed by atoms with van der Waals surface area (Å²) in [7, 11) is -1.88. The summed E-state index contributed by atoms with van der Waals surface area (Å²) in [6.07, 6.45) is 0. The summed E-state index contributed by atoms with van der Waals surface area (Å²) in [6.45, 7) is 0.984.